The minimum Gasteiger partial charge on any atom is -0.451 e. The lowest BCUT2D eigenvalue weighted by molar-refractivity contribution is -0.154. The van der Waals surface area contributed by atoms with Crippen molar-refractivity contribution in [1.82, 2.24) is 15.5 Å². The number of aromatic nitrogens is 2. The summed E-state index contributed by atoms with van der Waals surface area (Å²) in [7, 11) is 0. The zero-order valence-corrected chi connectivity index (χ0v) is 14.7. The van der Waals surface area contributed by atoms with Gasteiger partial charge in [0, 0.05) is 17.4 Å². The minimum atomic E-state index is -4.49. The number of carbonyl (C=O) groups is 2. The first-order valence-corrected chi connectivity index (χ1v) is 8.76. The van der Waals surface area contributed by atoms with Gasteiger partial charge in [-0.2, -0.15) is 18.2 Å². The van der Waals surface area contributed by atoms with Gasteiger partial charge >= 0.3 is 12.1 Å². The fourth-order valence-corrected chi connectivity index (χ4v) is 3.50. The number of hydrogen-bond donors (Lipinski definition) is 1. The van der Waals surface area contributed by atoms with Crippen molar-refractivity contribution in [2.24, 2.45) is 11.8 Å². The molecule has 2 fully saturated rings. The van der Waals surface area contributed by atoms with Gasteiger partial charge in [0.25, 0.3) is 5.89 Å². The van der Waals surface area contributed by atoms with Crippen LogP contribution in [0.5, 0.6) is 0 Å². The Morgan fingerprint density at radius 2 is 2.14 bits per heavy atom. The molecule has 4 atom stereocenters. The molecule has 1 unspecified atom stereocenters. The lowest BCUT2D eigenvalue weighted by Crippen LogP contribution is -2.40. The number of ether oxygens (including phenoxy) is 1. The molecule has 0 radical (unpaired) electrons. The van der Waals surface area contributed by atoms with Gasteiger partial charge in [0.05, 0.1) is 5.56 Å². The van der Waals surface area contributed by atoms with Crippen LogP contribution < -0.4 is 5.32 Å². The number of carbonyl (C=O) groups excluding carboxylic acids is 2. The summed E-state index contributed by atoms with van der Waals surface area (Å²) in [5.41, 5.74) is -0.702. The summed E-state index contributed by atoms with van der Waals surface area (Å²) in [6, 6.07) is 3.83. The van der Waals surface area contributed by atoms with E-state index in [1.54, 1.807) is 0 Å². The number of nitrogens with zero attached hydrogens (tertiary/aromatic N) is 2. The van der Waals surface area contributed by atoms with E-state index < -0.39 is 29.9 Å². The summed E-state index contributed by atoms with van der Waals surface area (Å²) >= 11 is 0. The highest BCUT2D eigenvalue weighted by atomic mass is 19.4. The molecule has 0 spiro atoms. The SMILES string of the molecule is CC(OC(=O)[C@@H]1NC(=O)[C@H]2CC[C@H]21)c1nc(-c2cccc(C(F)(F)F)c2)no1. The zero-order valence-electron chi connectivity index (χ0n) is 14.7. The largest absolute Gasteiger partial charge is 0.451 e. The molecule has 1 aliphatic carbocycles. The van der Waals surface area contributed by atoms with Crippen molar-refractivity contribution in [1.29, 1.82) is 0 Å². The monoisotopic (exact) mass is 395 g/mol. The van der Waals surface area contributed by atoms with E-state index in [4.69, 9.17) is 9.26 Å². The zero-order chi connectivity index (χ0) is 20.1. The standard InChI is InChI=1S/C18H16F3N3O4/c1-8(27-17(26)13-11-5-6-12(11)15(25)22-13)16-23-14(24-28-16)9-3-2-4-10(7-9)18(19,20)21/h2-4,7-8,11-13H,5-6H2,1H3,(H,22,25)/t8?,11-,12+,13-/m1/s1. The number of rotatable bonds is 4. The predicted molar refractivity (Wildman–Crippen MR) is 87.4 cm³/mol. The van der Waals surface area contributed by atoms with Gasteiger partial charge < -0.3 is 14.6 Å². The third-order valence-electron chi connectivity index (χ3n) is 5.17. The molecule has 7 nitrogen and oxygen atoms in total. The predicted octanol–water partition coefficient (Wildman–Crippen LogP) is 2.88. The number of hydrogen-bond acceptors (Lipinski definition) is 6. The Bertz CT molecular complexity index is 927. The number of fused-ring (bicyclic) bond motifs is 1. The molecule has 1 saturated heterocycles. The van der Waals surface area contributed by atoms with Crippen LogP contribution in [0.25, 0.3) is 11.4 Å². The van der Waals surface area contributed by atoms with Gasteiger partial charge in [-0.25, -0.2) is 4.79 Å². The molecular weight excluding hydrogens is 379 g/mol. The van der Waals surface area contributed by atoms with Crippen LogP contribution in [0, 0.1) is 11.8 Å². The van der Waals surface area contributed by atoms with Crippen LogP contribution in [-0.2, 0) is 20.5 Å². The molecule has 2 heterocycles. The van der Waals surface area contributed by atoms with E-state index in [0.29, 0.717) is 0 Å². The molecule has 1 aliphatic heterocycles. The van der Waals surface area contributed by atoms with Gasteiger partial charge in [0.15, 0.2) is 6.10 Å². The number of amides is 1. The van der Waals surface area contributed by atoms with Gasteiger partial charge in [-0.3, -0.25) is 4.79 Å². The average Bonchev–Trinajstić information content (AvgIpc) is 3.17. The Morgan fingerprint density at radius 3 is 2.79 bits per heavy atom. The Balaban J connectivity index is 1.45. The first-order chi connectivity index (χ1) is 13.2. The molecule has 0 bridgehead atoms. The Hall–Kier alpha value is -2.91. The van der Waals surface area contributed by atoms with E-state index in [1.807, 2.05) is 0 Å². The molecule has 1 aromatic heterocycles. The maximum absolute atomic E-state index is 12.8. The number of esters is 1. The molecule has 10 heteroatoms. The van der Waals surface area contributed by atoms with Crippen LogP contribution in [0.15, 0.2) is 28.8 Å². The Kier molecular flexibility index (Phi) is 4.35. The molecule has 1 N–H and O–H groups in total. The summed E-state index contributed by atoms with van der Waals surface area (Å²) < 4.78 is 48.9. The summed E-state index contributed by atoms with van der Waals surface area (Å²) in [5, 5.41) is 6.31. The molecule has 1 saturated carbocycles. The molecule has 2 aliphatic rings. The van der Waals surface area contributed by atoms with Crippen molar-refractivity contribution in [2.45, 2.75) is 38.1 Å². The fourth-order valence-electron chi connectivity index (χ4n) is 3.50. The molecule has 148 valence electrons. The second-order valence-corrected chi connectivity index (χ2v) is 6.95. The molecule has 1 amide bonds. The van der Waals surface area contributed by atoms with Crippen molar-refractivity contribution in [3.05, 3.63) is 35.7 Å². The van der Waals surface area contributed by atoms with Crippen molar-refractivity contribution < 1.29 is 32.0 Å². The van der Waals surface area contributed by atoms with Crippen LogP contribution in [0.1, 0.15) is 37.3 Å². The Morgan fingerprint density at radius 1 is 1.36 bits per heavy atom. The number of benzene rings is 1. The van der Waals surface area contributed by atoms with Crippen molar-refractivity contribution >= 4 is 11.9 Å². The summed E-state index contributed by atoms with van der Waals surface area (Å²) in [5.74, 6) is -1.02. The van der Waals surface area contributed by atoms with Gasteiger partial charge in [-0.05, 0) is 31.9 Å². The van der Waals surface area contributed by atoms with Crippen LogP contribution in [0.2, 0.25) is 0 Å². The normalized spacial score (nSPS) is 24.9. The molecule has 28 heavy (non-hydrogen) atoms. The highest BCUT2D eigenvalue weighted by molar-refractivity contribution is 5.91. The van der Waals surface area contributed by atoms with Crippen LogP contribution >= 0.6 is 0 Å². The summed E-state index contributed by atoms with van der Waals surface area (Å²) in [6.07, 6.45) is -3.86. The molecule has 4 rings (SSSR count). The van der Waals surface area contributed by atoms with E-state index in [0.717, 1.165) is 25.0 Å². The van der Waals surface area contributed by atoms with E-state index in [-0.39, 0.29) is 35.0 Å². The van der Waals surface area contributed by atoms with Crippen molar-refractivity contribution in [3.8, 4) is 11.4 Å². The van der Waals surface area contributed by atoms with Crippen molar-refractivity contribution in [3.63, 3.8) is 0 Å². The number of alkyl halides is 3. The quantitative estimate of drug-likeness (QED) is 0.800. The van der Waals surface area contributed by atoms with Gasteiger partial charge in [0.2, 0.25) is 11.7 Å². The first kappa shape index (κ1) is 18.5. The third-order valence-corrected chi connectivity index (χ3v) is 5.17. The molecule has 1 aromatic carbocycles. The molecule has 2 aromatic rings. The molecular formula is C18H16F3N3O4. The fraction of sp³-hybridized carbons (Fsp3) is 0.444. The van der Waals surface area contributed by atoms with Crippen LogP contribution in [0.4, 0.5) is 13.2 Å². The van der Waals surface area contributed by atoms with Gasteiger partial charge in [-0.15, -0.1) is 0 Å². The van der Waals surface area contributed by atoms with Crippen molar-refractivity contribution in [2.75, 3.05) is 0 Å². The smallest absolute Gasteiger partial charge is 0.416 e. The number of halogens is 3. The van der Waals surface area contributed by atoms with Gasteiger partial charge in [0.1, 0.15) is 6.04 Å². The first-order valence-electron chi connectivity index (χ1n) is 8.76. The third kappa shape index (κ3) is 3.23. The lowest BCUT2D eigenvalue weighted by Gasteiger charge is -2.30. The maximum atomic E-state index is 12.8. The second-order valence-electron chi connectivity index (χ2n) is 6.95. The summed E-state index contributed by atoms with van der Waals surface area (Å²) in [6.45, 7) is 1.51. The highest BCUT2D eigenvalue weighted by Crippen LogP contribution is 2.42. The summed E-state index contributed by atoms with van der Waals surface area (Å²) in [4.78, 5) is 28.1. The topological polar surface area (TPSA) is 94.3 Å². The van der Waals surface area contributed by atoms with Crippen LogP contribution in [-0.4, -0.2) is 28.1 Å². The maximum Gasteiger partial charge on any atom is 0.416 e. The number of nitrogens with one attached hydrogen (secondary N) is 1. The van der Waals surface area contributed by atoms with Gasteiger partial charge in [-0.1, -0.05) is 17.3 Å². The lowest BCUT2D eigenvalue weighted by atomic mass is 9.73. The van der Waals surface area contributed by atoms with E-state index in [2.05, 4.69) is 15.5 Å². The second kappa shape index (κ2) is 6.61. The minimum absolute atomic E-state index is 0.0442. The van der Waals surface area contributed by atoms with E-state index in [1.165, 1.54) is 19.1 Å². The van der Waals surface area contributed by atoms with Crippen LogP contribution in [0.3, 0.4) is 0 Å². The van der Waals surface area contributed by atoms with E-state index in [9.17, 15) is 22.8 Å². The highest BCUT2D eigenvalue weighted by Gasteiger charge is 2.51. The Labute approximate surface area is 157 Å². The average molecular weight is 395 g/mol. The van der Waals surface area contributed by atoms with E-state index >= 15 is 0 Å².